The number of anilines is 3. The maximum atomic E-state index is 13.5. The maximum Gasteiger partial charge on any atom is 0.195 e. The SMILES string of the molecule is CCC(N1CCN(C)CC1)N(c1ccccc1C(=O)c1ccccc1)c1ncccc1N. The van der Waals surface area contributed by atoms with Crippen molar-refractivity contribution in [1.82, 2.24) is 14.8 Å². The van der Waals surface area contributed by atoms with Gasteiger partial charge in [-0.1, -0.05) is 49.4 Å². The van der Waals surface area contributed by atoms with E-state index in [0.717, 1.165) is 38.3 Å². The van der Waals surface area contributed by atoms with Gasteiger partial charge in [0.25, 0.3) is 0 Å². The molecular weight excluding hydrogens is 398 g/mol. The smallest absolute Gasteiger partial charge is 0.195 e. The average Bonchev–Trinajstić information content (AvgIpc) is 2.84. The topological polar surface area (TPSA) is 65.7 Å². The number of piperazine rings is 1. The van der Waals surface area contributed by atoms with Gasteiger partial charge in [-0.25, -0.2) is 4.98 Å². The summed E-state index contributed by atoms with van der Waals surface area (Å²) in [5.41, 5.74) is 9.17. The molecule has 6 heteroatoms. The fraction of sp³-hybridized carbons (Fsp3) is 0.308. The molecule has 1 unspecified atom stereocenters. The number of ketones is 1. The number of para-hydroxylation sites is 1. The Morgan fingerprint density at radius 1 is 1.00 bits per heavy atom. The Morgan fingerprint density at radius 3 is 2.38 bits per heavy atom. The highest BCUT2D eigenvalue weighted by Crippen LogP contribution is 2.36. The largest absolute Gasteiger partial charge is 0.396 e. The summed E-state index contributed by atoms with van der Waals surface area (Å²) < 4.78 is 0. The molecule has 2 N–H and O–H groups in total. The lowest BCUT2D eigenvalue weighted by Gasteiger charge is -2.44. The predicted molar refractivity (Wildman–Crippen MR) is 130 cm³/mol. The van der Waals surface area contributed by atoms with Crippen molar-refractivity contribution in [3.8, 4) is 0 Å². The van der Waals surface area contributed by atoms with Crippen molar-refractivity contribution in [2.24, 2.45) is 0 Å². The Balaban J connectivity index is 1.83. The first-order chi connectivity index (χ1) is 15.6. The van der Waals surface area contributed by atoms with E-state index in [1.165, 1.54) is 0 Å². The van der Waals surface area contributed by atoms with Crippen LogP contribution in [-0.2, 0) is 0 Å². The third kappa shape index (κ3) is 4.52. The van der Waals surface area contributed by atoms with Crippen molar-refractivity contribution in [1.29, 1.82) is 0 Å². The first kappa shape index (κ1) is 22.0. The first-order valence-corrected chi connectivity index (χ1v) is 11.2. The molecule has 0 aliphatic carbocycles. The highest BCUT2D eigenvalue weighted by Gasteiger charge is 2.31. The van der Waals surface area contributed by atoms with E-state index in [4.69, 9.17) is 5.73 Å². The molecule has 0 radical (unpaired) electrons. The van der Waals surface area contributed by atoms with Crippen LogP contribution in [0.2, 0.25) is 0 Å². The molecule has 4 rings (SSSR count). The molecule has 0 bridgehead atoms. The van der Waals surface area contributed by atoms with Crippen molar-refractivity contribution in [2.75, 3.05) is 43.9 Å². The molecule has 32 heavy (non-hydrogen) atoms. The lowest BCUT2D eigenvalue weighted by Crippen LogP contribution is -2.54. The maximum absolute atomic E-state index is 13.5. The highest BCUT2D eigenvalue weighted by molar-refractivity contribution is 6.12. The summed E-state index contributed by atoms with van der Waals surface area (Å²) in [4.78, 5) is 25.2. The molecule has 0 spiro atoms. The number of likely N-dealkylation sites (N-methyl/N-ethyl adjacent to an activating group) is 1. The van der Waals surface area contributed by atoms with Crippen LogP contribution in [0, 0.1) is 0 Å². The van der Waals surface area contributed by atoms with Crippen LogP contribution in [0.4, 0.5) is 17.2 Å². The molecule has 0 saturated carbocycles. The van der Waals surface area contributed by atoms with Gasteiger partial charge in [-0.05, 0) is 37.7 Å². The summed E-state index contributed by atoms with van der Waals surface area (Å²) >= 11 is 0. The van der Waals surface area contributed by atoms with Crippen molar-refractivity contribution in [2.45, 2.75) is 19.5 Å². The molecule has 3 aromatic rings. The second kappa shape index (κ2) is 9.94. The zero-order chi connectivity index (χ0) is 22.5. The number of pyridine rings is 1. The number of aromatic nitrogens is 1. The molecule has 1 saturated heterocycles. The van der Waals surface area contributed by atoms with Gasteiger partial charge in [-0.2, -0.15) is 0 Å². The van der Waals surface area contributed by atoms with Gasteiger partial charge in [-0.15, -0.1) is 0 Å². The van der Waals surface area contributed by atoms with Crippen LogP contribution in [0.5, 0.6) is 0 Å². The fourth-order valence-electron chi connectivity index (χ4n) is 4.37. The van der Waals surface area contributed by atoms with Crippen molar-refractivity contribution in [3.63, 3.8) is 0 Å². The third-order valence-electron chi connectivity index (χ3n) is 6.11. The van der Waals surface area contributed by atoms with Gasteiger partial charge in [0.1, 0.15) is 0 Å². The van der Waals surface area contributed by atoms with Gasteiger partial charge in [0.05, 0.1) is 17.5 Å². The first-order valence-electron chi connectivity index (χ1n) is 11.2. The third-order valence-corrected chi connectivity index (χ3v) is 6.11. The Morgan fingerprint density at radius 2 is 1.69 bits per heavy atom. The minimum atomic E-state index is -0.00562. The van der Waals surface area contributed by atoms with Crippen LogP contribution in [0.1, 0.15) is 29.3 Å². The highest BCUT2D eigenvalue weighted by atomic mass is 16.1. The van der Waals surface area contributed by atoms with E-state index in [2.05, 4.69) is 33.7 Å². The van der Waals surface area contributed by atoms with E-state index in [1.807, 2.05) is 66.7 Å². The number of hydrogen-bond donors (Lipinski definition) is 1. The number of rotatable bonds is 7. The van der Waals surface area contributed by atoms with Gasteiger partial charge >= 0.3 is 0 Å². The van der Waals surface area contributed by atoms with Crippen LogP contribution >= 0.6 is 0 Å². The second-order valence-corrected chi connectivity index (χ2v) is 8.23. The quantitative estimate of drug-likeness (QED) is 0.573. The standard InChI is InChI=1S/C26H31N5O/c1-3-24(30-18-16-29(2)17-19-30)31(26-22(27)13-9-15-28-26)23-14-8-7-12-21(23)25(32)20-10-5-4-6-11-20/h4-15,24H,3,16-19,27H2,1-2H3. The number of benzene rings is 2. The van der Waals surface area contributed by atoms with E-state index in [-0.39, 0.29) is 11.9 Å². The van der Waals surface area contributed by atoms with E-state index in [0.29, 0.717) is 22.6 Å². The number of carbonyl (C=O) groups excluding carboxylic acids is 1. The number of hydrogen-bond acceptors (Lipinski definition) is 6. The normalized spacial score (nSPS) is 15.9. The van der Waals surface area contributed by atoms with Gasteiger partial charge < -0.3 is 15.5 Å². The summed E-state index contributed by atoms with van der Waals surface area (Å²) in [5, 5.41) is 0. The Labute approximate surface area is 190 Å². The van der Waals surface area contributed by atoms with Gasteiger partial charge in [-0.3, -0.25) is 9.69 Å². The van der Waals surface area contributed by atoms with Crippen LogP contribution in [0.3, 0.4) is 0 Å². The Bertz CT molecular complexity index is 1050. The van der Waals surface area contributed by atoms with Crippen molar-refractivity contribution < 1.29 is 4.79 Å². The lowest BCUT2D eigenvalue weighted by atomic mass is 10.00. The molecule has 1 fully saturated rings. The van der Waals surface area contributed by atoms with E-state index >= 15 is 0 Å². The molecule has 2 heterocycles. The number of carbonyl (C=O) groups is 1. The van der Waals surface area contributed by atoms with Crippen LogP contribution in [0.15, 0.2) is 72.9 Å². The van der Waals surface area contributed by atoms with E-state index in [9.17, 15) is 4.79 Å². The summed E-state index contributed by atoms with van der Waals surface area (Å²) in [7, 11) is 2.15. The summed E-state index contributed by atoms with van der Waals surface area (Å²) in [6, 6.07) is 20.9. The molecule has 1 atom stereocenters. The molecule has 1 aliphatic rings. The lowest BCUT2D eigenvalue weighted by molar-refractivity contribution is 0.103. The van der Waals surface area contributed by atoms with Crippen LogP contribution < -0.4 is 10.6 Å². The van der Waals surface area contributed by atoms with Gasteiger partial charge in [0.2, 0.25) is 0 Å². The number of nitrogen functional groups attached to an aromatic ring is 1. The molecule has 1 aromatic heterocycles. The molecular formula is C26H31N5O. The summed E-state index contributed by atoms with van der Waals surface area (Å²) in [6.45, 7) is 6.09. The van der Waals surface area contributed by atoms with Gasteiger partial charge in [0.15, 0.2) is 11.6 Å². The summed E-state index contributed by atoms with van der Waals surface area (Å²) in [5.74, 6) is 0.681. The van der Waals surface area contributed by atoms with Crippen molar-refractivity contribution >= 4 is 23.0 Å². The molecule has 166 valence electrons. The Kier molecular flexibility index (Phi) is 6.83. The van der Waals surface area contributed by atoms with Crippen molar-refractivity contribution in [3.05, 3.63) is 84.1 Å². The number of nitrogens with zero attached hydrogens (tertiary/aromatic N) is 4. The molecule has 2 aromatic carbocycles. The molecule has 0 amide bonds. The monoisotopic (exact) mass is 429 g/mol. The zero-order valence-electron chi connectivity index (χ0n) is 18.8. The predicted octanol–water partition coefficient (Wildman–Crippen LogP) is 4.02. The van der Waals surface area contributed by atoms with Crippen LogP contribution in [0.25, 0.3) is 0 Å². The average molecular weight is 430 g/mol. The fourth-order valence-corrected chi connectivity index (χ4v) is 4.37. The Hall–Kier alpha value is -3.22. The number of nitrogens with two attached hydrogens (primary N) is 1. The van der Waals surface area contributed by atoms with Crippen LogP contribution in [-0.4, -0.2) is 60.0 Å². The minimum absolute atomic E-state index is 0.00562. The second-order valence-electron chi connectivity index (χ2n) is 8.23. The van der Waals surface area contributed by atoms with Gasteiger partial charge in [0, 0.05) is 43.5 Å². The minimum Gasteiger partial charge on any atom is -0.396 e. The summed E-state index contributed by atoms with van der Waals surface area (Å²) in [6.07, 6.45) is 2.66. The van der Waals surface area contributed by atoms with E-state index < -0.39 is 0 Å². The van der Waals surface area contributed by atoms with E-state index in [1.54, 1.807) is 6.20 Å². The molecule has 1 aliphatic heterocycles. The zero-order valence-corrected chi connectivity index (χ0v) is 18.8. The molecule has 6 nitrogen and oxygen atoms in total.